The lowest BCUT2D eigenvalue weighted by atomic mass is 10.1. The highest BCUT2D eigenvalue weighted by molar-refractivity contribution is 6.00. The molecule has 1 fully saturated rings. The van der Waals surface area contributed by atoms with Crippen LogP contribution in [0, 0.1) is 5.92 Å². The molecule has 2 aromatic carbocycles. The maximum atomic E-state index is 12.6. The van der Waals surface area contributed by atoms with Crippen LogP contribution in [0.25, 0.3) is 0 Å². The number of nitrogens with one attached hydrogen (secondary N) is 1. The van der Waals surface area contributed by atoms with Crippen molar-refractivity contribution in [3.63, 3.8) is 0 Å². The Labute approximate surface area is 169 Å². The lowest BCUT2D eigenvalue weighted by molar-refractivity contribution is -0.126. The minimum absolute atomic E-state index is 0.0702. The quantitative estimate of drug-likeness (QED) is 0.813. The minimum Gasteiger partial charge on any atom is -0.491 e. The van der Waals surface area contributed by atoms with Gasteiger partial charge < -0.3 is 24.4 Å². The van der Waals surface area contributed by atoms with E-state index in [1.54, 1.807) is 17.0 Å². The van der Waals surface area contributed by atoms with Gasteiger partial charge in [-0.1, -0.05) is 12.1 Å². The summed E-state index contributed by atoms with van der Waals surface area (Å²) in [5, 5.41) is 2.93. The van der Waals surface area contributed by atoms with Crippen LogP contribution in [0.5, 0.6) is 17.2 Å². The zero-order valence-corrected chi connectivity index (χ0v) is 16.5. The molecule has 2 heterocycles. The largest absolute Gasteiger partial charge is 0.491 e. The first-order chi connectivity index (χ1) is 14.0. The van der Waals surface area contributed by atoms with Gasteiger partial charge in [-0.15, -0.1) is 0 Å². The Morgan fingerprint density at radius 3 is 2.69 bits per heavy atom. The zero-order valence-electron chi connectivity index (χ0n) is 16.5. The average molecular weight is 396 g/mol. The van der Waals surface area contributed by atoms with Crippen molar-refractivity contribution in [2.75, 3.05) is 18.2 Å². The molecule has 29 heavy (non-hydrogen) atoms. The first kappa shape index (κ1) is 19.1. The maximum Gasteiger partial charge on any atom is 0.231 e. The van der Waals surface area contributed by atoms with Gasteiger partial charge in [0, 0.05) is 31.3 Å². The number of carbonyl (C=O) groups is 2. The normalized spacial score (nSPS) is 17.7. The molecule has 0 aromatic heterocycles. The summed E-state index contributed by atoms with van der Waals surface area (Å²) in [6.07, 6.45) is 0.315. The van der Waals surface area contributed by atoms with Gasteiger partial charge in [0.1, 0.15) is 5.75 Å². The molecule has 0 aliphatic carbocycles. The fraction of sp³-hybridized carbons (Fsp3) is 0.364. The second-order valence-corrected chi connectivity index (χ2v) is 7.47. The summed E-state index contributed by atoms with van der Waals surface area (Å²) in [6.45, 7) is 4.90. The van der Waals surface area contributed by atoms with Crippen LogP contribution in [0.4, 0.5) is 5.69 Å². The van der Waals surface area contributed by atoms with Gasteiger partial charge >= 0.3 is 0 Å². The number of anilines is 1. The summed E-state index contributed by atoms with van der Waals surface area (Å²) in [5.74, 6) is 1.52. The van der Waals surface area contributed by atoms with E-state index in [4.69, 9.17) is 14.2 Å². The zero-order chi connectivity index (χ0) is 20.4. The summed E-state index contributed by atoms with van der Waals surface area (Å²) in [5.41, 5.74) is 1.70. The number of hydrogen-bond acceptors (Lipinski definition) is 5. The third-order valence-corrected chi connectivity index (χ3v) is 4.93. The molecule has 2 amide bonds. The molecule has 1 unspecified atom stereocenters. The Balaban J connectivity index is 1.33. The molecule has 1 saturated heterocycles. The summed E-state index contributed by atoms with van der Waals surface area (Å²) in [7, 11) is 0. The Morgan fingerprint density at radius 2 is 1.93 bits per heavy atom. The number of nitrogens with zero attached hydrogens (tertiary/aromatic N) is 1. The van der Waals surface area contributed by atoms with E-state index in [1.165, 1.54) is 0 Å². The lowest BCUT2D eigenvalue weighted by Crippen LogP contribution is -2.32. The summed E-state index contributed by atoms with van der Waals surface area (Å²) < 4.78 is 16.3. The van der Waals surface area contributed by atoms with Crippen molar-refractivity contribution in [2.24, 2.45) is 5.92 Å². The maximum absolute atomic E-state index is 12.6. The van der Waals surface area contributed by atoms with E-state index in [9.17, 15) is 9.59 Å². The smallest absolute Gasteiger partial charge is 0.231 e. The molecule has 0 saturated carbocycles. The standard InChI is InChI=1S/C22H24N2O5/c1-14(2)29-18-6-3-15(4-7-18)11-23-22(26)16-9-21(25)24(12-16)17-5-8-19-20(10-17)28-13-27-19/h3-8,10,14,16H,9,11-13H2,1-2H3,(H,23,26). The highest BCUT2D eigenvalue weighted by atomic mass is 16.7. The van der Waals surface area contributed by atoms with E-state index in [2.05, 4.69) is 5.32 Å². The molecular weight excluding hydrogens is 372 g/mol. The lowest BCUT2D eigenvalue weighted by Gasteiger charge is -2.17. The van der Waals surface area contributed by atoms with Gasteiger partial charge in [-0.25, -0.2) is 0 Å². The molecule has 2 aliphatic rings. The molecule has 152 valence electrons. The molecule has 7 nitrogen and oxygen atoms in total. The highest BCUT2D eigenvalue weighted by Gasteiger charge is 2.35. The van der Waals surface area contributed by atoms with Crippen LogP contribution in [0.3, 0.4) is 0 Å². The van der Waals surface area contributed by atoms with Crippen LogP contribution in [0.1, 0.15) is 25.8 Å². The molecule has 4 rings (SSSR count). The second-order valence-electron chi connectivity index (χ2n) is 7.47. The predicted octanol–water partition coefficient (Wildman–Crippen LogP) is 2.87. The molecule has 0 radical (unpaired) electrons. The number of fused-ring (bicyclic) bond motifs is 1. The predicted molar refractivity (Wildman–Crippen MR) is 107 cm³/mol. The second kappa shape index (κ2) is 8.03. The Morgan fingerprint density at radius 1 is 1.17 bits per heavy atom. The Bertz CT molecular complexity index is 910. The van der Waals surface area contributed by atoms with Crippen molar-refractivity contribution in [2.45, 2.75) is 32.9 Å². The van der Waals surface area contributed by atoms with Crippen LogP contribution in [0.15, 0.2) is 42.5 Å². The highest BCUT2D eigenvalue weighted by Crippen LogP contribution is 2.37. The molecule has 0 bridgehead atoms. The van der Waals surface area contributed by atoms with E-state index in [-0.39, 0.29) is 37.0 Å². The van der Waals surface area contributed by atoms with Crippen molar-refractivity contribution in [1.82, 2.24) is 5.32 Å². The van der Waals surface area contributed by atoms with E-state index in [0.717, 1.165) is 17.0 Å². The van der Waals surface area contributed by atoms with Crippen molar-refractivity contribution in [1.29, 1.82) is 0 Å². The van der Waals surface area contributed by atoms with Crippen molar-refractivity contribution < 1.29 is 23.8 Å². The van der Waals surface area contributed by atoms with Gasteiger partial charge in [-0.2, -0.15) is 0 Å². The summed E-state index contributed by atoms with van der Waals surface area (Å²) in [6, 6.07) is 13.0. The Hall–Kier alpha value is -3.22. The van der Waals surface area contributed by atoms with E-state index in [1.807, 2.05) is 44.2 Å². The molecule has 0 spiro atoms. The topological polar surface area (TPSA) is 77.1 Å². The van der Waals surface area contributed by atoms with E-state index in [0.29, 0.717) is 24.6 Å². The molecule has 2 aromatic rings. The van der Waals surface area contributed by atoms with Gasteiger partial charge in [0.15, 0.2) is 11.5 Å². The number of rotatable bonds is 6. The van der Waals surface area contributed by atoms with Gasteiger partial charge in [0.25, 0.3) is 0 Å². The fourth-order valence-corrected chi connectivity index (χ4v) is 3.48. The molecule has 7 heteroatoms. The number of hydrogen-bond donors (Lipinski definition) is 1. The number of amides is 2. The van der Waals surface area contributed by atoms with E-state index >= 15 is 0 Å². The van der Waals surface area contributed by atoms with Crippen molar-refractivity contribution >= 4 is 17.5 Å². The van der Waals surface area contributed by atoms with Crippen LogP contribution in [-0.2, 0) is 16.1 Å². The molecule has 1 N–H and O–H groups in total. The van der Waals surface area contributed by atoms with Crippen molar-refractivity contribution in [3.05, 3.63) is 48.0 Å². The monoisotopic (exact) mass is 396 g/mol. The van der Waals surface area contributed by atoms with Gasteiger partial charge in [0.2, 0.25) is 18.6 Å². The van der Waals surface area contributed by atoms with Crippen LogP contribution >= 0.6 is 0 Å². The molecule has 2 aliphatic heterocycles. The fourth-order valence-electron chi connectivity index (χ4n) is 3.48. The van der Waals surface area contributed by atoms with Crippen LogP contribution in [0.2, 0.25) is 0 Å². The first-order valence-corrected chi connectivity index (χ1v) is 9.73. The Kier molecular flexibility index (Phi) is 5.29. The van der Waals surface area contributed by atoms with E-state index < -0.39 is 0 Å². The number of ether oxygens (including phenoxy) is 3. The first-order valence-electron chi connectivity index (χ1n) is 9.73. The van der Waals surface area contributed by atoms with Crippen LogP contribution < -0.4 is 24.4 Å². The van der Waals surface area contributed by atoms with Gasteiger partial charge in [-0.3, -0.25) is 9.59 Å². The SMILES string of the molecule is CC(C)Oc1ccc(CNC(=O)C2CC(=O)N(c3ccc4c(c3)OCO4)C2)cc1. The molecule has 1 atom stereocenters. The van der Waals surface area contributed by atoms with Gasteiger partial charge in [0.05, 0.1) is 12.0 Å². The van der Waals surface area contributed by atoms with Crippen molar-refractivity contribution in [3.8, 4) is 17.2 Å². The minimum atomic E-state index is -0.378. The molecular formula is C22H24N2O5. The summed E-state index contributed by atoms with van der Waals surface area (Å²) >= 11 is 0. The van der Waals surface area contributed by atoms with Gasteiger partial charge in [-0.05, 0) is 43.7 Å². The average Bonchev–Trinajstić information content (AvgIpc) is 3.32. The third kappa shape index (κ3) is 4.29. The van der Waals surface area contributed by atoms with Crippen LogP contribution in [-0.4, -0.2) is 31.3 Å². The number of carbonyl (C=O) groups excluding carboxylic acids is 2. The third-order valence-electron chi connectivity index (χ3n) is 4.93. The number of benzene rings is 2. The summed E-state index contributed by atoms with van der Waals surface area (Å²) in [4.78, 5) is 26.7.